The van der Waals surface area contributed by atoms with E-state index in [9.17, 15) is 4.79 Å². The fourth-order valence-corrected chi connectivity index (χ4v) is 1.74. The summed E-state index contributed by atoms with van der Waals surface area (Å²) in [4.78, 5) is 11.7. The molecule has 0 radical (unpaired) electrons. The molecule has 0 aliphatic carbocycles. The zero-order valence-corrected chi connectivity index (χ0v) is 11.7. The summed E-state index contributed by atoms with van der Waals surface area (Å²) < 4.78 is 5.14. The molecule has 0 saturated carbocycles. The smallest absolute Gasteiger partial charge is 0.236 e. The Balaban J connectivity index is 3.92. The van der Waals surface area contributed by atoms with E-state index in [1.807, 2.05) is 6.92 Å². The van der Waals surface area contributed by atoms with Crippen molar-refractivity contribution in [2.45, 2.75) is 58.5 Å². The average Bonchev–Trinajstić information content (AvgIpc) is 2.29. The van der Waals surface area contributed by atoms with Crippen LogP contribution in [0.5, 0.6) is 0 Å². The van der Waals surface area contributed by atoms with Crippen molar-refractivity contribution in [1.82, 2.24) is 10.6 Å². The second kappa shape index (κ2) is 10.5. The highest BCUT2D eigenvalue weighted by Crippen LogP contribution is 1.99. The summed E-state index contributed by atoms with van der Waals surface area (Å²) in [5.41, 5.74) is 0. The molecule has 1 amide bonds. The minimum absolute atomic E-state index is 0.0793. The number of nitrogens with one attached hydrogen (secondary N) is 2. The number of methoxy groups -OCH3 is 1. The molecule has 0 bridgehead atoms. The molecule has 0 aliphatic heterocycles. The summed E-state index contributed by atoms with van der Waals surface area (Å²) in [6.07, 6.45) is 4.25. The Hall–Kier alpha value is -0.610. The molecule has 0 aliphatic rings. The van der Waals surface area contributed by atoms with Crippen LogP contribution in [-0.2, 0) is 9.53 Å². The molecule has 4 heteroatoms. The first-order valence-corrected chi connectivity index (χ1v) is 6.68. The van der Waals surface area contributed by atoms with Gasteiger partial charge in [0.2, 0.25) is 5.91 Å². The third kappa shape index (κ3) is 8.16. The number of hydrogen-bond acceptors (Lipinski definition) is 3. The van der Waals surface area contributed by atoms with Gasteiger partial charge in [-0.2, -0.15) is 0 Å². The first-order chi connectivity index (χ1) is 8.15. The zero-order valence-electron chi connectivity index (χ0n) is 11.7. The van der Waals surface area contributed by atoms with Gasteiger partial charge in [0.1, 0.15) is 0 Å². The highest BCUT2D eigenvalue weighted by molar-refractivity contribution is 5.81. The quantitative estimate of drug-likeness (QED) is 0.575. The van der Waals surface area contributed by atoms with Crippen LogP contribution in [0.1, 0.15) is 46.5 Å². The standard InChI is InChI=1S/C13H28N2O2/c1-5-7-9-14-13(16)11(3)15-12(8-6-2)10-17-4/h11-12,15H,5-10H2,1-4H3,(H,14,16). The fraction of sp³-hybridized carbons (Fsp3) is 0.923. The Morgan fingerprint density at radius 3 is 2.53 bits per heavy atom. The van der Waals surface area contributed by atoms with Crippen molar-refractivity contribution in [2.24, 2.45) is 0 Å². The lowest BCUT2D eigenvalue weighted by molar-refractivity contribution is -0.123. The molecule has 0 fully saturated rings. The Labute approximate surface area is 105 Å². The van der Waals surface area contributed by atoms with E-state index in [0.29, 0.717) is 6.61 Å². The number of carbonyl (C=O) groups is 1. The second-order valence-corrected chi connectivity index (χ2v) is 4.47. The monoisotopic (exact) mass is 244 g/mol. The summed E-state index contributed by atoms with van der Waals surface area (Å²) in [6, 6.07) is 0.107. The van der Waals surface area contributed by atoms with E-state index in [0.717, 1.165) is 32.2 Å². The van der Waals surface area contributed by atoms with Gasteiger partial charge in [0.25, 0.3) is 0 Å². The molecule has 0 heterocycles. The van der Waals surface area contributed by atoms with Crippen molar-refractivity contribution in [2.75, 3.05) is 20.3 Å². The highest BCUT2D eigenvalue weighted by Gasteiger charge is 2.16. The van der Waals surface area contributed by atoms with Gasteiger partial charge in [0, 0.05) is 19.7 Å². The van der Waals surface area contributed by atoms with Crippen LogP contribution >= 0.6 is 0 Å². The number of ether oxygens (including phenoxy) is 1. The molecule has 17 heavy (non-hydrogen) atoms. The third-order valence-corrected chi connectivity index (χ3v) is 2.71. The summed E-state index contributed by atoms with van der Waals surface area (Å²) in [5.74, 6) is 0.0793. The Morgan fingerprint density at radius 2 is 2.00 bits per heavy atom. The first-order valence-electron chi connectivity index (χ1n) is 6.68. The van der Waals surface area contributed by atoms with Crippen LogP contribution in [0.15, 0.2) is 0 Å². The normalized spacial score (nSPS) is 14.4. The predicted octanol–water partition coefficient (Wildman–Crippen LogP) is 1.70. The van der Waals surface area contributed by atoms with Gasteiger partial charge < -0.3 is 15.4 Å². The summed E-state index contributed by atoms with van der Waals surface area (Å²) in [6.45, 7) is 7.57. The zero-order chi connectivity index (χ0) is 13.1. The van der Waals surface area contributed by atoms with Crippen molar-refractivity contribution in [3.05, 3.63) is 0 Å². The topological polar surface area (TPSA) is 50.4 Å². The SMILES string of the molecule is CCCCNC(=O)C(C)NC(CCC)COC. The number of hydrogen-bond donors (Lipinski definition) is 2. The second-order valence-electron chi connectivity index (χ2n) is 4.47. The molecule has 0 aromatic carbocycles. The Bertz CT molecular complexity index is 192. The number of unbranched alkanes of at least 4 members (excludes halogenated alkanes) is 1. The van der Waals surface area contributed by atoms with Gasteiger partial charge in [0.05, 0.1) is 12.6 Å². The van der Waals surface area contributed by atoms with Crippen LogP contribution in [0.4, 0.5) is 0 Å². The van der Waals surface area contributed by atoms with Crippen LogP contribution in [0, 0.1) is 0 Å². The molecule has 2 atom stereocenters. The minimum Gasteiger partial charge on any atom is -0.383 e. The van der Waals surface area contributed by atoms with Crippen LogP contribution in [0.2, 0.25) is 0 Å². The molecular formula is C13H28N2O2. The number of amides is 1. The number of carbonyl (C=O) groups excluding carboxylic acids is 1. The van der Waals surface area contributed by atoms with E-state index in [2.05, 4.69) is 24.5 Å². The van der Waals surface area contributed by atoms with Crippen molar-refractivity contribution in [3.63, 3.8) is 0 Å². The van der Waals surface area contributed by atoms with Gasteiger partial charge >= 0.3 is 0 Å². The maximum atomic E-state index is 11.7. The lowest BCUT2D eigenvalue weighted by Crippen LogP contribution is -2.48. The van der Waals surface area contributed by atoms with Gasteiger partial charge in [-0.3, -0.25) is 4.79 Å². The maximum absolute atomic E-state index is 11.7. The van der Waals surface area contributed by atoms with Gasteiger partial charge in [-0.05, 0) is 19.8 Å². The van der Waals surface area contributed by atoms with Gasteiger partial charge in [-0.25, -0.2) is 0 Å². The molecule has 2 N–H and O–H groups in total. The minimum atomic E-state index is -0.154. The van der Waals surface area contributed by atoms with E-state index >= 15 is 0 Å². The van der Waals surface area contributed by atoms with E-state index < -0.39 is 0 Å². The molecule has 2 unspecified atom stereocenters. The van der Waals surface area contributed by atoms with Crippen LogP contribution < -0.4 is 10.6 Å². The lowest BCUT2D eigenvalue weighted by Gasteiger charge is -2.22. The third-order valence-electron chi connectivity index (χ3n) is 2.71. The highest BCUT2D eigenvalue weighted by atomic mass is 16.5. The van der Waals surface area contributed by atoms with Gasteiger partial charge in [0.15, 0.2) is 0 Å². The van der Waals surface area contributed by atoms with E-state index in [1.165, 1.54) is 0 Å². The average molecular weight is 244 g/mol. The lowest BCUT2D eigenvalue weighted by atomic mass is 10.1. The number of rotatable bonds is 10. The Kier molecular flexibility index (Phi) is 10.2. The van der Waals surface area contributed by atoms with Crippen molar-refractivity contribution in [3.8, 4) is 0 Å². The molecule has 4 nitrogen and oxygen atoms in total. The molecule has 0 saturated heterocycles. The van der Waals surface area contributed by atoms with Gasteiger partial charge in [-0.1, -0.05) is 26.7 Å². The summed E-state index contributed by atoms with van der Waals surface area (Å²) in [7, 11) is 1.69. The van der Waals surface area contributed by atoms with E-state index in [4.69, 9.17) is 4.74 Å². The van der Waals surface area contributed by atoms with Gasteiger partial charge in [-0.15, -0.1) is 0 Å². The van der Waals surface area contributed by atoms with Crippen molar-refractivity contribution >= 4 is 5.91 Å². The van der Waals surface area contributed by atoms with Crippen LogP contribution in [-0.4, -0.2) is 38.3 Å². The fourth-order valence-electron chi connectivity index (χ4n) is 1.74. The van der Waals surface area contributed by atoms with Crippen LogP contribution in [0.3, 0.4) is 0 Å². The molecular weight excluding hydrogens is 216 g/mol. The first kappa shape index (κ1) is 16.4. The molecule has 0 aromatic rings. The molecule has 0 spiro atoms. The van der Waals surface area contributed by atoms with E-state index in [-0.39, 0.29) is 18.0 Å². The summed E-state index contributed by atoms with van der Waals surface area (Å²) in [5, 5.41) is 6.24. The molecule has 102 valence electrons. The van der Waals surface area contributed by atoms with E-state index in [1.54, 1.807) is 7.11 Å². The van der Waals surface area contributed by atoms with Crippen molar-refractivity contribution in [1.29, 1.82) is 0 Å². The Morgan fingerprint density at radius 1 is 1.29 bits per heavy atom. The molecule has 0 aromatic heterocycles. The largest absolute Gasteiger partial charge is 0.383 e. The summed E-state index contributed by atoms with van der Waals surface area (Å²) >= 11 is 0. The predicted molar refractivity (Wildman–Crippen MR) is 71.1 cm³/mol. The van der Waals surface area contributed by atoms with Crippen LogP contribution in [0.25, 0.3) is 0 Å². The van der Waals surface area contributed by atoms with Crippen molar-refractivity contribution < 1.29 is 9.53 Å². The molecule has 0 rings (SSSR count). The maximum Gasteiger partial charge on any atom is 0.236 e.